The summed E-state index contributed by atoms with van der Waals surface area (Å²) < 4.78 is 21.3. The molecule has 0 unspecified atom stereocenters. The number of allylic oxidation sites excluding steroid dienone is 3. The first kappa shape index (κ1) is 21.1. The van der Waals surface area contributed by atoms with Crippen molar-refractivity contribution in [3.05, 3.63) is 76.1 Å². The van der Waals surface area contributed by atoms with Crippen LogP contribution >= 0.6 is 0 Å². The van der Waals surface area contributed by atoms with Crippen LogP contribution in [0.15, 0.2) is 65.0 Å². The number of benzene rings is 2. The molecular weight excluding hydrogens is 422 g/mol. The Labute approximate surface area is 192 Å². The molecule has 2 aromatic rings. The van der Waals surface area contributed by atoms with E-state index in [0.29, 0.717) is 41.2 Å². The van der Waals surface area contributed by atoms with Gasteiger partial charge >= 0.3 is 5.97 Å². The van der Waals surface area contributed by atoms with E-state index >= 15 is 0 Å². The van der Waals surface area contributed by atoms with Crippen molar-refractivity contribution in [1.29, 1.82) is 0 Å². The first-order valence-corrected chi connectivity index (χ1v) is 10.9. The molecule has 0 bridgehead atoms. The Balaban J connectivity index is 1.57. The Morgan fingerprint density at radius 3 is 2.45 bits per heavy atom. The van der Waals surface area contributed by atoms with Crippen molar-refractivity contribution >= 4 is 11.8 Å². The van der Waals surface area contributed by atoms with Gasteiger partial charge in [-0.25, -0.2) is 4.79 Å². The molecule has 3 aliphatic rings. The third-order valence-corrected chi connectivity index (χ3v) is 6.55. The zero-order valence-corrected chi connectivity index (χ0v) is 18.8. The SMILES string of the molecule is COC(=O)C1=C(C)NC2=C(C(=O)C[C@H](c3ccc(OC)cc3)C2)[C@H]1c1ccc2c(c1)OCO2. The molecule has 2 heterocycles. The number of methoxy groups -OCH3 is 2. The number of carbonyl (C=O) groups excluding carboxylic acids is 2. The summed E-state index contributed by atoms with van der Waals surface area (Å²) in [5, 5.41) is 3.35. The van der Waals surface area contributed by atoms with Gasteiger partial charge in [0, 0.05) is 29.3 Å². The monoisotopic (exact) mass is 447 g/mol. The molecule has 0 amide bonds. The smallest absolute Gasteiger partial charge is 0.336 e. The number of rotatable bonds is 4. The molecule has 0 saturated heterocycles. The Morgan fingerprint density at radius 2 is 1.73 bits per heavy atom. The molecule has 0 fully saturated rings. The number of Topliss-reactive ketones (excluding diaryl/α,β-unsaturated/α-hetero) is 1. The Hall–Kier alpha value is -3.74. The summed E-state index contributed by atoms with van der Waals surface area (Å²) in [6.07, 6.45) is 1.03. The molecule has 33 heavy (non-hydrogen) atoms. The molecule has 0 radical (unpaired) electrons. The molecule has 0 spiro atoms. The summed E-state index contributed by atoms with van der Waals surface area (Å²) in [6, 6.07) is 13.4. The number of nitrogens with one attached hydrogen (secondary N) is 1. The van der Waals surface area contributed by atoms with Crippen molar-refractivity contribution in [2.24, 2.45) is 0 Å². The predicted octanol–water partition coefficient (Wildman–Crippen LogP) is 3.96. The van der Waals surface area contributed by atoms with Gasteiger partial charge in [0.25, 0.3) is 0 Å². The maximum absolute atomic E-state index is 13.6. The number of hydrogen-bond acceptors (Lipinski definition) is 7. The highest BCUT2D eigenvalue weighted by molar-refractivity contribution is 6.04. The molecule has 2 aliphatic heterocycles. The summed E-state index contributed by atoms with van der Waals surface area (Å²) in [5.41, 5.74) is 4.46. The lowest BCUT2D eigenvalue weighted by molar-refractivity contribution is -0.136. The summed E-state index contributed by atoms with van der Waals surface area (Å²) in [5.74, 6) is 1.10. The van der Waals surface area contributed by atoms with Crippen LogP contribution in [0.3, 0.4) is 0 Å². The number of ether oxygens (including phenoxy) is 4. The summed E-state index contributed by atoms with van der Waals surface area (Å²) >= 11 is 0. The lowest BCUT2D eigenvalue weighted by Crippen LogP contribution is -2.36. The number of hydrogen-bond donors (Lipinski definition) is 1. The molecule has 0 aromatic heterocycles. The quantitative estimate of drug-likeness (QED) is 0.711. The van der Waals surface area contributed by atoms with E-state index in [4.69, 9.17) is 18.9 Å². The molecule has 1 aliphatic carbocycles. The second-order valence-electron chi connectivity index (χ2n) is 8.39. The second-order valence-corrected chi connectivity index (χ2v) is 8.39. The number of fused-ring (bicyclic) bond motifs is 1. The minimum Gasteiger partial charge on any atom is -0.497 e. The topological polar surface area (TPSA) is 83.1 Å². The number of esters is 1. The summed E-state index contributed by atoms with van der Waals surface area (Å²) in [4.78, 5) is 26.4. The van der Waals surface area contributed by atoms with Crippen LogP contribution in [0.25, 0.3) is 0 Å². The maximum Gasteiger partial charge on any atom is 0.336 e. The van der Waals surface area contributed by atoms with Crippen molar-refractivity contribution in [2.75, 3.05) is 21.0 Å². The summed E-state index contributed by atoms with van der Waals surface area (Å²) in [7, 11) is 2.98. The predicted molar refractivity (Wildman–Crippen MR) is 120 cm³/mol. The highest BCUT2D eigenvalue weighted by Crippen LogP contribution is 2.47. The standard InChI is InChI=1S/C26H25NO6/c1-14-23(26(29)31-3)24(16-6-9-21-22(12-16)33-13-32-21)25-19(27-14)10-17(11-20(25)28)15-4-7-18(30-2)8-5-15/h4-9,12,17,24,27H,10-11,13H2,1-3H3/t17-,24+/m1/s1. The molecule has 7 heteroatoms. The molecular formula is C26H25NO6. The molecule has 5 rings (SSSR count). The average Bonchev–Trinajstić information content (AvgIpc) is 3.30. The van der Waals surface area contributed by atoms with E-state index in [-0.39, 0.29) is 18.5 Å². The van der Waals surface area contributed by atoms with E-state index in [2.05, 4.69) is 5.32 Å². The molecule has 7 nitrogen and oxygen atoms in total. The van der Waals surface area contributed by atoms with E-state index in [9.17, 15) is 9.59 Å². The second kappa shape index (κ2) is 8.31. The molecule has 2 aromatic carbocycles. The van der Waals surface area contributed by atoms with Gasteiger partial charge in [-0.3, -0.25) is 4.79 Å². The van der Waals surface area contributed by atoms with E-state index in [1.165, 1.54) is 7.11 Å². The first-order valence-electron chi connectivity index (χ1n) is 10.9. The third kappa shape index (κ3) is 3.63. The lowest BCUT2D eigenvalue weighted by Gasteiger charge is -2.36. The molecule has 1 N–H and O–H groups in total. The first-order chi connectivity index (χ1) is 16.0. The highest BCUT2D eigenvalue weighted by Gasteiger charge is 2.41. The van der Waals surface area contributed by atoms with Gasteiger partial charge in [-0.05, 0) is 54.7 Å². The zero-order chi connectivity index (χ0) is 23.1. The largest absolute Gasteiger partial charge is 0.497 e. The van der Waals surface area contributed by atoms with Gasteiger partial charge in [-0.15, -0.1) is 0 Å². The van der Waals surface area contributed by atoms with E-state index in [1.54, 1.807) is 7.11 Å². The van der Waals surface area contributed by atoms with Crippen molar-refractivity contribution in [1.82, 2.24) is 5.32 Å². The van der Waals surface area contributed by atoms with Gasteiger partial charge in [-0.1, -0.05) is 18.2 Å². The minimum atomic E-state index is -0.535. The molecule has 170 valence electrons. The zero-order valence-electron chi connectivity index (χ0n) is 18.8. The molecule has 2 atom stereocenters. The minimum absolute atomic E-state index is 0.0149. The Kier molecular flexibility index (Phi) is 5.32. The van der Waals surface area contributed by atoms with Crippen LogP contribution < -0.4 is 19.5 Å². The van der Waals surface area contributed by atoms with E-state index in [0.717, 1.165) is 22.6 Å². The average molecular weight is 447 g/mol. The van der Waals surface area contributed by atoms with Gasteiger partial charge in [0.15, 0.2) is 17.3 Å². The van der Waals surface area contributed by atoms with Gasteiger partial charge < -0.3 is 24.3 Å². The normalized spacial score (nSPS) is 21.5. The van der Waals surface area contributed by atoms with Gasteiger partial charge in [-0.2, -0.15) is 0 Å². The van der Waals surface area contributed by atoms with Crippen LogP contribution in [0.2, 0.25) is 0 Å². The fraction of sp³-hybridized carbons (Fsp3) is 0.308. The van der Waals surface area contributed by atoms with Crippen LogP contribution in [0, 0.1) is 0 Å². The van der Waals surface area contributed by atoms with Gasteiger partial charge in [0.1, 0.15) is 5.75 Å². The highest BCUT2D eigenvalue weighted by atomic mass is 16.7. The molecule has 0 saturated carbocycles. The lowest BCUT2D eigenvalue weighted by atomic mass is 9.71. The summed E-state index contributed by atoms with van der Waals surface area (Å²) in [6.45, 7) is 2.00. The van der Waals surface area contributed by atoms with Crippen molar-refractivity contribution in [3.63, 3.8) is 0 Å². The van der Waals surface area contributed by atoms with Crippen LogP contribution in [-0.4, -0.2) is 32.8 Å². The van der Waals surface area contributed by atoms with Crippen LogP contribution in [0.1, 0.15) is 42.7 Å². The van der Waals surface area contributed by atoms with Gasteiger partial charge in [0.2, 0.25) is 6.79 Å². The third-order valence-electron chi connectivity index (χ3n) is 6.55. The Morgan fingerprint density at radius 1 is 1.00 bits per heavy atom. The number of ketones is 1. The van der Waals surface area contributed by atoms with E-state index in [1.807, 2.05) is 49.4 Å². The van der Waals surface area contributed by atoms with Crippen molar-refractivity contribution in [2.45, 2.75) is 31.6 Å². The van der Waals surface area contributed by atoms with Crippen LogP contribution in [-0.2, 0) is 14.3 Å². The number of carbonyl (C=O) groups is 2. The number of dihydropyridines is 1. The van der Waals surface area contributed by atoms with Crippen LogP contribution in [0.4, 0.5) is 0 Å². The fourth-order valence-electron chi connectivity index (χ4n) is 4.96. The van der Waals surface area contributed by atoms with Crippen molar-refractivity contribution < 1.29 is 28.5 Å². The fourth-order valence-corrected chi connectivity index (χ4v) is 4.96. The van der Waals surface area contributed by atoms with Gasteiger partial charge in [0.05, 0.1) is 19.8 Å². The van der Waals surface area contributed by atoms with Crippen molar-refractivity contribution in [3.8, 4) is 17.2 Å². The van der Waals surface area contributed by atoms with E-state index < -0.39 is 11.9 Å². The maximum atomic E-state index is 13.6. The van der Waals surface area contributed by atoms with Crippen LogP contribution in [0.5, 0.6) is 17.2 Å². The Bertz CT molecular complexity index is 1190.